The second-order valence-corrected chi connectivity index (χ2v) is 4.11. The highest BCUT2D eigenvalue weighted by Gasteiger charge is 2.11. The standard InChI is InChI=1S/C15H16N2O3/c1-3-20-11-6-4-10(5-7-11)13-9-8-12(15(18)19)14(16-2)17-13/h4-9H,3H2,1-2H3,(H,16,17)(H,18,19). The van der Waals surface area contributed by atoms with Crippen molar-refractivity contribution in [1.29, 1.82) is 0 Å². The highest BCUT2D eigenvalue weighted by Crippen LogP contribution is 2.24. The van der Waals surface area contributed by atoms with E-state index in [2.05, 4.69) is 10.3 Å². The Morgan fingerprint density at radius 3 is 2.50 bits per heavy atom. The summed E-state index contributed by atoms with van der Waals surface area (Å²) in [5.74, 6) is 0.149. The van der Waals surface area contributed by atoms with E-state index in [9.17, 15) is 4.79 Å². The molecule has 0 spiro atoms. The molecular formula is C15H16N2O3. The molecule has 0 aliphatic rings. The number of anilines is 1. The number of pyridine rings is 1. The largest absolute Gasteiger partial charge is 0.494 e. The van der Waals surface area contributed by atoms with Crippen LogP contribution in [0.25, 0.3) is 11.3 Å². The Bertz CT molecular complexity index is 609. The third-order valence-electron chi connectivity index (χ3n) is 2.82. The SMILES string of the molecule is CCOc1ccc(-c2ccc(C(=O)O)c(NC)n2)cc1. The van der Waals surface area contributed by atoms with Crippen molar-refractivity contribution < 1.29 is 14.6 Å². The van der Waals surface area contributed by atoms with Crippen molar-refractivity contribution in [3.63, 3.8) is 0 Å². The van der Waals surface area contributed by atoms with Crippen LogP contribution in [0.4, 0.5) is 5.82 Å². The molecule has 0 aliphatic carbocycles. The van der Waals surface area contributed by atoms with Crippen LogP contribution in [0.5, 0.6) is 5.75 Å². The van der Waals surface area contributed by atoms with Crippen molar-refractivity contribution in [2.45, 2.75) is 6.92 Å². The zero-order valence-corrected chi connectivity index (χ0v) is 11.4. The zero-order valence-electron chi connectivity index (χ0n) is 11.4. The van der Waals surface area contributed by atoms with Crippen LogP contribution in [0.2, 0.25) is 0 Å². The Hall–Kier alpha value is -2.56. The molecule has 5 nitrogen and oxygen atoms in total. The summed E-state index contributed by atoms with van der Waals surface area (Å²) in [6.45, 7) is 2.55. The molecule has 2 aromatic rings. The van der Waals surface area contributed by atoms with Gasteiger partial charge in [-0.05, 0) is 43.3 Å². The minimum Gasteiger partial charge on any atom is -0.494 e. The number of benzene rings is 1. The number of nitrogens with zero attached hydrogens (tertiary/aromatic N) is 1. The van der Waals surface area contributed by atoms with Gasteiger partial charge in [-0.3, -0.25) is 0 Å². The molecule has 104 valence electrons. The van der Waals surface area contributed by atoms with E-state index >= 15 is 0 Å². The summed E-state index contributed by atoms with van der Waals surface area (Å²) in [6, 6.07) is 10.8. The average molecular weight is 272 g/mol. The van der Waals surface area contributed by atoms with E-state index < -0.39 is 5.97 Å². The normalized spacial score (nSPS) is 10.1. The second kappa shape index (κ2) is 6.06. The molecule has 0 saturated heterocycles. The highest BCUT2D eigenvalue weighted by molar-refractivity contribution is 5.93. The molecule has 0 amide bonds. The minimum absolute atomic E-state index is 0.155. The van der Waals surface area contributed by atoms with Gasteiger partial charge < -0.3 is 15.2 Å². The van der Waals surface area contributed by atoms with Gasteiger partial charge in [-0.1, -0.05) is 0 Å². The maximum absolute atomic E-state index is 11.0. The molecule has 0 bridgehead atoms. The van der Waals surface area contributed by atoms with Gasteiger partial charge in [-0.15, -0.1) is 0 Å². The number of carboxylic acids is 1. The number of carbonyl (C=O) groups is 1. The van der Waals surface area contributed by atoms with Gasteiger partial charge in [-0.2, -0.15) is 0 Å². The van der Waals surface area contributed by atoms with Crippen molar-refractivity contribution in [2.24, 2.45) is 0 Å². The number of nitrogens with one attached hydrogen (secondary N) is 1. The fourth-order valence-electron chi connectivity index (χ4n) is 1.87. The molecule has 1 heterocycles. The Morgan fingerprint density at radius 1 is 1.25 bits per heavy atom. The maximum atomic E-state index is 11.0. The smallest absolute Gasteiger partial charge is 0.339 e. The van der Waals surface area contributed by atoms with Crippen molar-refractivity contribution in [3.05, 3.63) is 42.0 Å². The first-order valence-corrected chi connectivity index (χ1v) is 6.31. The Labute approximate surface area is 117 Å². The van der Waals surface area contributed by atoms with Gasteiger partial charge in [0, 0.05) is 12.6 Å². The van der Waals surface area contributed by atoms with Crippen molar-refractivity contribution in [3.8, 4) is 17.0 Å². The number of aromatic nitrogens is 1. The molecule has 0 unspecified atom stereocenters. The Kier molecular flexibility index (Phi) is 4.20. The lowest BCUT2D eigenvalue weighted by Gasteiger charge is -2.08. The molecule has 2 N–H and O–H groups in total. The van der Waals surface area contributed by atoms with Crippen LogP contribution in [0.1, 0.15) is 17.3 Å². The van der Waals surface area contributed by atoms with Gasteiger partial charge in [0.25, 0.3) is 0 Å². The molecule has 1 aromatic carbocycles. The van der Waals surface area contributed by atoms with Crippen LogP contribution < -0.4 is 10.1 Å². The van der Waals surface area contributed by atoms with Crippen LogP contribution in [0.15, 0.2) is 36.4 Å². The molecule has 20 heavy (non-hydrogen) atoms. The molecule has 5 heteroatoms. The third-order valence-corrected chi connectivity index (χ3v) is 2.82. The molecule has 0 saturated carbocycles. The molecule has 2 rings (SSSR count). The number of hydrogen-bond acceptors (Lipinski definition) is 4. The monoisotopic (exact) mass is 272 g/mol. The van der Waals surface area contributed by atoms with E-state index in [-0.39, 0.29) is 5.56 Å². The summed E-state index contributed by atoms with van der Waals surface area (Å²) in [5.41, 5.74) is 1.77. The fourth-order valence-corrected chi connectivity index (χ4v) is 1.87. The van der Waals surface area contributed by atoms with Gasteiger partial charge in [0.15, 0.2) is 0 Å². The van der Waals surface area contributed by atoms with Crippen LogP contribution in [0.3, 0.4) is 0 Å². The summed E-state index contributed by atoms with van der Waals surface area (Å²) in [5, 5.41) is 11.9. The van der Waals surface area contributed by atoms with E-state index in [1.807, 2.05) is 31.2 Å². The predicted molar refractivity (Wildman–Crippen MR) is 77.3 cm³/mol. The summed E-state index contributed by atoms with van der Waals surface area (Å²) in [6.07, 6.45) is 0. The van der Waals surface area contributed by atoms with Crippen molar-refractivity contribution >= 4 is 11.8 Å². The first-order valence-electron chi connectivity index (χ1n) is 6.31. The average Bonchev–Trinajstić information content (AvgIpc) is 2.47. The summed E-state index contributed by atoms with van der Waals surface area (Å²) in [4.78, 5) is 15.4. The highest BCUT2D eigenvalue weighted by atomic mass is 16.5. The van der Waals surface area contributed by atoms with Crippen molar-refractivity contribution in [2.75, 3.05) is 19.0 Å². The molecule has 0 fully saturated rings. The first-order chi connectivity index (χ1) is 9.65. The van der Waals surface area contributed by atoms with E-state index in [4.69, 9.17) is 9.84 Å². The Balaban J connectivity index is 2.35. The number of ether oxygens (including phenoxy) is 1. The van der Waals surface area contributed by atoms with E-state index in [1.165, 1.54) is 0 Å². The molecule has 0 radical (unpaired) electrons. The van der Waals surface area contributed by atoms with Gasteiger partial charge in [0.2, 0.25) is 0 Å². The molecule has 0 atom stereocenters. The molecular weight excluding hydrogens is 256 g/mol. The third kappa shape index (κ3) is 2.88. The number of rotatable bonds is 5. The Morgan fingerprint density at radius 2 is 1.95 bits per heavy atom. The predicted octanol–water partition coefficient (Wildman–Crippen LogP) is 2.89. The molecule has 1 aromatic heterocycles. The zero-order chi connectivity index (χ0) is 14.5. The van der Waals surface area contributed by atoms with Crippen molar-refractivity contribution in [1.82, 2.24) is 4.98 Å². The summed E-state index contributed by atoms with van der Waals surface area (Å²) < 4.78 is 5.38. The van der Waals surface area contributed by atoms with Gasteiger partial charge in [0.05, 0.1) is 12.3 Å². The van der Waals surface area contributed by atoms with Crippen LogP contribution >= 0.6 is 0 Å². The first kappa shape index (κ1) is 13.9. The quantitative estimate of drug-likeness (QED) is 0.875. The van der Waals surface area contributed by atoms with Crippen LogP contribution in [-0.4, -0.2) is 29.7 Å². The lowest BCUT2D eigenvalue weighted by molar-refractivity contribution is 0.0697. The number of hydrogen-bond donors (Lipinski definition) is 2. The second-order valence-electron chi connectivity index (χ2n) is 4.11. The van der Waals surface area contributed by atoms with Crippen LogP contribution in [0, 0.1) is 0 Å². The maximum Gasteiger partial charge on any atom is 0.339 e. The lowest BCUT2D eigenvalue weighted by atomic mass is 10.1. The van der Waals surface area contributed by atoms with Gasteiger partial charge in [-0.25, -0.2) is 9.78 Å². The summed E-state index contributed by atoms with van der Waals surface area (Å²) >= 11 is 0. The number of carboxylic acid groups (broad SMARTS) is 1. The minimum atomic E-state index is -1.000. The van der Waals surface area contributed by atoms with E-state index in [1.54, 1.807) is 19.2 Å². The van der Waals surface area contributed by atoms with Crippen LogP contribution in [-0.2, 0) is 0 Å². The number of aromatic carboxylic acids is 1. The van der Waals surface area contributed by atoms with Gasteiger partial charge in [0.1, 0.15) is 17.1 Å². The van der Waals surface area contributed by atoms with E-state index in [0.717, 1.165) is 11.3 Å². The topological polar surface area (TPSA) is 71.5 Å². The summed E-state index contributed by atoms with van der Waals surface area (Å²) in [7, 11) is 1.65. The van der Waals surface area contributed by atoms with Gasteiger partial charge >= 0.3 is 5.97 Å². The van der Waals surface area contributed by atoms with E-state index in [0.29, 0.717) is 18.1 Å². The lowest BCUT2D eigenvalue weighted by Crippen LogP contribution is -2.05. The fraction of sp³-hybridized carbons (Fsp3) is 0.200. The molecule has 0 aliphatic heterocycles.